The molecule has 0 radical (unpaired) electrons. The molecule has 0 unspecified atom stereocenters. The zero-order valence-corrected chi connectivity index (χ0v) is 6.88. The minimum absolute atomic E-state index is 0.106. The molecule has 7 heteroatoms. The van der Waals surface area contributed by atoms with Gasteiger partial charge in [0.15, 0.2) is 12.3 Å². The summed E-state index contributed by atoms with van der Waals surface area (Å²) in [5, 5.41) is 3.13. The number of esters is 1. The number of hydrogen-bond donors (Lipinski definition) is 0. The fourth-order valence-corrected chi connectivity index (χ4v) is 1.01. The van der Waals surface area contributed by atoms with Gasteiger partial charge in [0.2, 0.25) is 0 Å². The molecule has 0 saturated carbocycles. The standard InChI is InChI=1S/C6H8FN3O3/c1-12-6(11)5-4(7)3(13-5)2-9-10-8/h3-5H,2H2,1H3/t3-,4-,5+/m1/s1. The molecule has 3 atom stereocenters. The summed E-state index contributed by atoms with van der Waals surface area (Å²) >= 11 is 0. The number of carbonyl (C=O) groups is 1. The van der Waals surface area contributed by atoms with Crippen LogP contribution in [0.15, 0.2) is 5.11 Å². The zero-order valence-electron chi connectivity index (χ0n) is 6.88. The molecule has 0 N–H and O–H groups in total. The third kappa shape index (κ3) is 1.88. The number of nitrogens with zero attached hydrogens (tertiary/aromatic N) is 3. The van der Waals surface area contributed by atoms with Gasteiger partial charge in [-0.2, -0.15) is 0 Å². The number of rotatable bonds is 3. The Morgan fingerprint density at radius 2 is 2.54 bits per heavy atom. The molecule has 0 aliphatic carbocycles. The van der Waals surface area contributed by atoms with E-state index in [4.69, 9.17) is 10.3 Å². The number of carbonyl (C=O) groups excluding carboxylic acids is 1. The van der Waals surface area contributed by atoms with Gasteiger partial charge in [-0.15, -0.1) is 0 Å². The molecule has 1 saturated heterocycles. The van der Waals surface area contributed by atoms with Crippen LogP contribution in [0.3, 0.4) is 0 Å². The summed E-state index contributed by atoms with van der Waals surface area (Å²) in [7, 11) is 1.15. The van der Waals surface area contributed by atoms with Gasteiger partial charge >= 0.3 is 5.97 Å². The van der Waals surface area contributed by atoms with E-state index in [1.165, 1.54) is 0 Å². The Morgan fingerprint density at radius 3 is 3.00 bits per heavy atom. The summed E-state index contributed by atoms with van der Waals surface area (Å²) in [5.74, 6) is -0.746. The van der Waals surface area contributed by atoms with Crippen molar-refractivity contribution in [2.45, 2.75) is 18.4 Å². The van der Waals surface area contributed by atoms with Crippen molar-refractivity contribution in [2.24, 2.45) is 5.11 Å². The first-order valence-electron chi connectivity index (χ1n) is 3.59. The maximum atomic E-state index is 13.0. The second kappa shape index (κ2) is 4.06. The van der Waals surface area contributed by atoms with Gasteiger partial charge in [0.1, 0.15) is 0 Å². The molecular formula is C6H8FN3O3. The summed E-state index contributed by atoms with van der Waals surface area (Å²) in [4.78, 5) is 13.2. The summed E-state index contributed by atoms with van der Waals surface area (Å²) in [5.41, 5.74) is 7.93. The molecule has 6 nitrogen and oxygen atoms in total. The molecule has 0 spiro atoms. The van der Waals surface area contributed by atoms with Crippen molar-refractivity contribution in [1.29, 1.82) is 0 Å². The van der Waals surface area contributed by atoms with E-state index in [1.807, 2.05) is 0 Å². The van der Waals surface area contributed by atoms with Crippen molar-refractivity contribution in [3.05, 3.63) is 10.4 Å². The molecule has 1 rings (SSSR count). The number of alkyl halides is 1. The first kappa shape index (κ1) is 9.76. The van der Waals surface area contributed by atoms with Gasteiger partial charge in [-0.1, -0.05) is 5.11 Å². The minimum Gasteiger partial charge on any atom is -0.467 e. The van der Waals surface area contributed by atoms with Crippen LogP contribution in [-0.4, -0.2) is 38.0 Å². The Morgan fingerprint density at radius 1 is 1.85 bits per heavy atom. The number of ether oxygens (including phenoxy) is 2. The Labute approximate surface area is 73.2 Å². The van der Waals surface area contributed by atoms with Gasteiger partial charge in [-0.25, -0.2) is 9.18 Å². The van der Waals surface area contributed by atoms with Crippen LogP contribution < -0.4 is 0 Å². The third-order valence-corrected chi connectivity index (χ3v) is 1.72. The highest BCUT2D eigenvalue weighted by Gasteiger charge is 2.47. The van der Waals surface area contributed by atoms with Gasteiger partial charge in [-0.05, 0) is 5.53 Å². The predicted octanol–water partition coefficient (Wildman–Crippen LogP) is 0.575. The van der Waals surface area contributed by atoms with Gasteiger partial charge in [0.05, 0.1) is 19.8 Å². The Bertz CT molecular complexity index is 254. The lowest BCUT2D eigenvalue weighted by molar-refractivity contribution is -0.209. The smallest absolute Gasteiger partial charge is 0.338 e. The first-order valence-corrected chi connectivity index (χ1v) is 3.59. The fourth-order valence-electron chi connectivity index (χ4n) is 1.01. The Balaban J connectivity index is 2.38. The number of azide groups is 1. The summed E-state index contributed by atoms with van der Waals surface area (Å²) in [6.45, 7) is -0.106. The maximum absolute atomic E-state index is 13.0. The first-order chi connectivity index (χ1) is 6.20. The lowest BCUT2D eigenvalue weighted by Gasteiger charge is -2.36. The quantitative estimate of drug-likeness (QED) is 0.281. The monoisotopic (exact) mass is 189 g/mol. The van der Waals surface area contributed by atoms with Crippen LogP contribution in [-0.2, 0) is 14.3 Å². The fraction of sp³-hybridized carbons (Fsp3) is 0.833. The largest absolute Gasteiger partial charge is 0.467 e. The highest BCUT2D eigenvalue weighted by molar-refractivity contribution is 5.76. The van der Waals surface area contributed by atoms with E-state index in [-0.39, 0.29) is 6.54 Å². The van der Waals surface area contributed by atoms with Crippen LogP contribution in [0.1, 0.15) is 0 Å². The molecule has 0 aromatic rings. The van der Waals surface area contributed by atoms with Crippen LogP contribution >= 0.6 is 0 Å². The topological polar surface area (TPSA) is 84.3 Å². The van der Waals surface area contributed by atoms with E-state index in [9.17, 15) is 9.18 Å². The second-order valence-corrected chi connectivity index (χ2v) is 2.48. The van der Waals surface area contributed by atoms with Crippen LogP contribution in [0.5, 0.6) is 0 Å². The van der Waals surface area contributed by atoms with Gasteiger partial charge < -0.3 is 9.47 Å². The second-order valence-electron chi connectivity index (χ2n) is 2.48. The average molecular weight is 189 g/mol. The summed E-state index contributed by atoms with van der Waals surface area (Å²) < 4.78 is 22.1. The van der Waals surface area contributed by atoms with E-state index < -0.39 is 24.3 Å². The highest BCUT2D eigenvalue weighted by atomic mass is 19.1. The molecule has 0 aromatic heterocycles. The summed E-state index contributed by atoms with van der Waals surface area (Å²) in [6, 6.07) is 0. The SMILES string of the molecule is COC(=O)[C@H]1O[C@H](CN=[N+]=[N-])[C@H]1F. The normalized spacial score (nSPS) is 31.4. The Hall–Kier alpha value is -1.33. The van der Waals surface area contributed by atoms with Crippen LogP contribution in [0.2, 0.25) is 0 Å². The van der Waals surface area contributed by atoms with Crippen molar-refractivity contribution in [2.75, 3.05) is 13.7 Å². The van der Waals surface area contributed by atoms with Crippen molar-refractivity contribution in [3.8, 4) is 0 Å². The van der Waals surface area contributed by atoms with Crippen molar-refractivity contribution in [1.82, 2.24) is 0 Å². The van der Waals surface area contributed by atoms with Gasteiger partial charge in [0, 0.05) is 4.91 Å². The summed E-state index contributed by atoms with van der Waals surface area (Å²) in [6.07, 6.45) is -3.43. The molecule has 13 heavy (non-hydrogen) atoms. The number of methoxy groups -OCH3 is 1. The third-order valence-electron chi connectivity index (χ3n) is 1.72. The maximum Gasteiger partial charge on any atom is 0.338 e. The van der Waals surface area contributed by atoms with E-state index >= 15 is 0 Å². The van der Waals surface area contributed by atoms with Gasteiger partial charge in [-0.3, -0.25) is 0 Å². The van der Waals surface area contributed by atoms with E-state index in [1.54, 1.807) is 0 Å². The van der Waals surface area contributed by atoms with E-state index in [0.29, 0.717) is 0 Å². The highest BCUT2D eigenvalue weighted by Crippen LogP contribution is 2.25. The van der Waals surface area contributed by atoms with Crippen LogP contribution in [0.25, 0.3) is 10.4 Å². The molecule has 72 valence electrons. The lowest BCUT2D eigenvalue weighted by Crippen LogP contribution is -2.56. The van der Waals surface area contributed by atoms with E-state index in [0.717, 1.165) is 7.11 Å². The Kier molecular flexibility index (Phi) is 3.05. The molecule has 1 heterocycles. The van der Waals surface area contributed by atoms with Crippen LogP contribution in [0, 0.1) is 0 Å². The zero-order chi connectivity index (χ0) is 9.84. The minimum atomic E-state index is -1.45. The number of halogens is 1. The van der Waals surface area contributed by atoms with Crippen molar-refractivity contribution >= 4 is 5.97 Å². The molecule has 0 amide bonds. The molecule has 0 aromatic carbocycles. The predicted molar refractivity (Wildman–Crippen MR) is 39.6 cm³/mol. The number of hydrogen-bond acceptors (Lipinski definition) is 4. The molecule has 1 aliphatic heterocycles. The molecule has 1 aliphatic rings. The van der Waals surface area contributed by atoms with Crippen LogP contribution in [0.4, 0.5) is 4.39 Å². The van der Waals surface area contributed by atoms with Crippen molar-refractivity contribution in [3.63, 3.8) is 0 Å². The van der Waals surface area contributed by atoms with Crippen molar-refractivity contribution < 1.29 is 18.7 Å². The lowest BCUT2D eigenvalue weighted by atomic mass is 10.0. The molecular weight excluding hydrogens is 181 g/mol. The average Bonchev–Trinajstić information content (AvgIpc) is 2.15. The van der Waals surface area contributed by atoms with E-state index in [2.05, 4.69) is 14.8 Å². The molecule has 0 bridgehead atoms. The molecule has 1 fully saturated rings. The van der Waals surface area contributed by atoms with Gasteiger partial charge in [0.25, 0.3) is 0 Å².